The van der Waals surface area contributed by atoms with Crippen LogP contribution in [-0.4, -0.2) is 37.0 Å². The highest BCUT2D eigenvalue weighted by atomic mass is 16.5. The van der Waals surface area contributed by atoms with Crippen molar-refractivity contribution in [1.82, 2.24) is 16.0 Å². The number of hydrogen-bond acceptors (Lipinski definition) is 4. The van der Waals surface area contributed by atoms with Gasteiger partial charge in [-0.15, -0.1) is 0 Å². The molecule has 0 aromatic heterocycles. The molecule has 7 heteroatoms. The van der Waals surface area contributed by atoms with Crippen LogP contribution in [0.2, 0.25) is 0 Å². The predicted octanol–water partition coefficient (Wildman–Crippen LogP) is 4.17. The zero-order valence-corrected chi connectivity index (χ0v) is 20.1. The summed E-state index contributed by atoms with van der Waals surface area (Å²) in [6, 6.07) is 8.78. The van der Waals surface area contributed by atoms with Gasteiger partial charge in [0, 0.05) is 19.5 Å². The maximum Gasteiger partial charge on any atom is 0.408 e. The molecule has 3 N–H and O–H groups in total. The molecule has 0 aliphatic carbocycles. The second-order valence-electron chi connectivity index (χ2n) is 8.49. The summed E-state index contributed by atoms with van der Waals surface area (Å²) in [5.74, 6) is 0.306. The van der Waals surface area contributed by atoms with Crippen molar-refractivity contribution >= 4 is 17.9 Å². The van der Waals surface area contributed by atoms with E-state index >= 15 is 0 Å². The van der Waals surface area contributed by atoms with Gasteiger partial charge in [0.1, 0.15) is 12.6 Å². The third kappa shape index (κ3) is 11.7. The van der Waals surface area contributed by atoms with E-state index in [0.717, 1.165) is 37.7 Å². The van der Waals surface area contributed by atoms with Gasteiger partial charge < -0.3 is 20.7 Å². The molecule has 0 saturated heterocycles. The zero-order valence-electron chi connectivity index (χ0n) is 20.1. The predicted molar refractivity (Wildman–Crippen MR) is 127 cm³/mol. The molecular formula is C25H41N3O4. The largest absolute Gasteiger partial charge is 0.445 e. The van der Waals surface area contributed by atoms with Gasteiger partial charge in [0.15, 0.2) is 0 Å². The molecular weight excluding hydrogens is 406 g/mol. The summed E-state index contributed by atoms with van der Waals surface area (Å²) in [4.78, 5) is 36.6. The smallest absolute Gasteiger partial charge is 0.408 e. The molecule has 3 unspecified atom stereocenters. The van der Waals surface area contributed by atoms with Gasteiger partial charge in [0.05, 0.1) is 0 Å². The van der Waals surface area contributed by atoms with E-state index in [9.17, 15) is 14.4 Å². The fourth-order valence-corrected chi connectivity index (χ4v) is 3.10. The molecule has 3 atom stereocenters. The van der Waals surface area contributed by atoms with Gasteiger partial charge in [-0.3, -0.25) is 9.59 Å². The zero-order chi connectivity index (χ0) is 23.8. The Bertz CT molecular complexity index is 681. The highest BCUT2D eigenvalue weighted by molar-refractivity contribution is 5.85. The van der Waals surface area contributed by atoms with Gasteiger partial charge >= 0.3 is 6.09 Å². The number of benzene rings is 1. The summed E-state index contributed by atoms with van der Waals surface area (Å²) in [5.41, 5.74) is 0.892. The van der Waals surface area contributed by atoms with Crippen LogP contribution in [0.3, 0.4) is 0 Å². The normalized spacial score (nSPS) is 13.5. The Morgan fingerprint density at radius 1 is 0.906 bits per heavy atom. The van der Waals surface area contributed by atoms with Gasteiger partial charge in [-0.05, 0) is 36.7 Å². The van der Waals surface area contributed by atoms with E-state index in [-0.39, 0.29) is 24.3 Å². The van der Waals surface area contributed by atoms with Crippen LogP contribution < -0.4 is 16.0 Å². The molecule has 1 aromatic carbocycles. The molecule has 32 heavy (non-hydrogen) atoms. The number of ether oxygens (including phenoxy) is 1. The maximum atomic E-state index is 12.6. The van der Waals surface area contributed by atoms with E-state index in [1.54, 1.807) is 0 Å². The van der Waals surface area contributed by atoms with Crippen LogP contribution in [0.4, 0.5) is 4.79 Å². The van der Waals surface area contributed by atoms with Crippen LogP contribution in [0.25, 0.3) is 0 Å². The summed E-state index contributed by atoms with van der Waals surface area (Å²) in [7, 11) is 0. The Labute approximate surface area is 193 Å². The third-order valence-corrected chi connectivity index (χ3v) is 5.69. The minimum absolute atomic E-state index is 0.0139. The van der Waals surface area contributed by atoms with Crippen molar-refractivity contribution in [3.05, 3.63) is 35.9 Å². The van der Waals surface area contributed by atoms with Gasteiger partial charge in [0.2, 0.25) is 11.8 Å². The van der Waals surface area contributed by atoms with Crippen molar-refractivity contribution in [1.29, 1.82) is 0 Å². The second-order valence-corrected chi connectivity index (χ2v) is 8.49. The molecule has 180 valence electrons. The summed E-state index contributed by atoms with van der Waals surface area (Å²) >= 11 is 0. The molecule has 1 rings (SSSR count). The first-order valence-electron chi connectivity index (χ1n) is 11.9. The number of carbonyl (C=O) groups is 3. The Balaban J connectivity index is 2.28. The Hall–Kier alpha value is -2.57. The van der Waals surface area contributed by atoms with Crippen molar-refractivity contribution in [2.75, 3.05) is 13.1 Å². The van der Waals surface area contributed by atoms with E-state index in [0.29, 0.717) is 25.4 Å². The van der Waals surface area contributed by atoms with Crippen LogP contribution in [0.1, 0.15) is 71.8 Å². The standard InChI is InChI=1S/C25H41N3O4/c1-5-19(3)17-22(29)26-15-11-8-12-16-27-24(30)23(20(4)6-2)28-25(31)32-18-21-13-9-7-10-14-21/h7,9-10,13-14,19-20,23H,5-6,8,11-12,15-18H2,1-4H3,(H,26,29)(H,27,30)(H,28,31). The topological polar surface area (TPSA) is 96.5 Å². The molecule has 0 aliphatic rings. The number of nitrogens with one attached hydrogen (secondary N) is 3. The van der Waals surface area contributed by atoms with Crippen molar-refractivity contribution in [3.63, 3.8) is 0 Å². The van der Waals surface area contributed by atoms with E-state index < -0.39 is 12.1 Å². The lowest BCUT2D eigenvalue weighted by molar-refractivity contribution is -0.124. The Morgan fingerprint density at radius 3 is 2.19 bits per heavy atom. The number of hydrogen-bond donors (Lipinski definition) is 3. The Morgan fingerprint density at radius 2 is 1.56 bits per heavy atom. The van der Waals surface area contributed by atoms with Crippen molar-refractivity contribution in [3.8, 4) is 0 Å². The SMILES string of the molecule is CCC(C)CC(=O)NCCCCCNC(=O)C(NC(=O)OCc1ccccc1)C(C)CC. The first kappa shape index (κ1) is 27.5. The third-order valence-electron chi connectivity index (χ3n) is 5.69. The number of amides is 3. The summed E-state index contributed by atoms with van der Waals surface area (Å²) < 4.78 is 5.26. The number of unbranched alkanes of at least 4 members (excludes halogenated alkanes) is 2. The lowest BCUT2D eigenvalue weighted by atomic mass is 9.98. The van der Waals surface area contributed by atoms with Gasteiger partial charge in [-0.1, -0.05) is 70.9 Å². The average molecular weight is 448 g/mol. The molecule has 0 saturated carbocycles. The van der Waals surface area contributed by atoms with Gasteiger partial charge in [-0.2, -0.15) is 0 Å². The lowest BCUT2D eigenvalue weighted by Crippen LogP contribution is -2.50. The number of alkyl carbamates (subject to hydrolysis) is 1. The average Bonchev–Trinajstić information content (AvgIpc) is 2.80. The quantitative estimate of drug-likeness (QED) is 0.352. The minimum atomic E-state index is -0.636. The summed E-state index contributed by atoms with van der Waals surface area (Å²) in [5, 5.41) is 8.57. The van der Waals surface area contributed by atoms with Gasteiger partial charge in [0.25, 0.3) is 0 Å². The van der Waals surface area contributed by atoms with E-state index in [2.05, 4.69) is 29.8 Å². The Kier molecular flexibility index (Phi) is 13.8. The molecule has 3 amide bonds. The number of rotatable bonds is 15. The van der Waals surface area contributed by atoms with Crippen molar-refractivity contribution in [2.24, 2.45) is 11.8 Å². The molecule has 1 aromatic rings. The van der Waals surface area contributed by atoms with Crippen LogP contribution in [0, 0.1) is 11.8 Å². The highest BCUT2D eigenvalue weighted by Crippen LogP contribution is 2.09. The molecule has 0 radical (unpaired) electrons. The second kappa shape index (κ2) is 16.1. The first-order valence-corrected chi connectivity index (χ1v) is 11.9. The van der Waals surface area contributed by atoms with E-state index in [1.165, 1.54) is 0 Å². The molecule has 0 spiro atoms. The summed E-state index contributed by atoms with van der Waals surface area (Å²) in [6.07, 6.45) is 4.34. The fraction of sp³-hybridized carbons (Fsp3) is 0.640. The van der Waals surface area contributed by atoms with Crippen LogP contribution >= 0.6 is 0 Å². The maximum absolute atomic E-state index is 12.6. The monoisotopic (exact) mass is 447 g/mol. The van der Waals surface area contributed by atoms with Crippen molar-refractivity contribution < 1.29 is 19.1 Å². The molecule has 0 heterocycles. The van der Waals surface area contributed by atoms with Crippen LogP contribution in [0.5, 0.6) is 0 Å². The molecule has 0 bridgehead atoms. The van der Waals surface area contributed by atoms with Gasteiger partial charge in [-0.25, -0.2) is 4.79 Å². The van der Waals surface area contributed by atoms with Crippen molar-refractivity contribution in [2.45, 2.75) is 78.9 Å². The van der Waals surface area contributed by atoms with Crippen LogP contribution in [0.15, 0.2) is 30.3 Å². The molecule has 7 nitrogen and oxygen atoms in total. The minimum Gasteiger partial charge on any atom is -0.445 e. The lowest BCUT2D eigenvalue weighted by Gasteiger charge is -2.23. The fourth-order valence-electron chi connectivity index (χ4n) is 3.10. The highest BCUT2D eigenvalue weighted by Gasteiger charge is 2.26. The first-order chi connectivity index (χ1) is 15.4. The molecule has 0 aliphatic heterocycles. The molecule has 0 fully saturated rings. The van der Waals surface area contributed by atoms with E-state index in [4.69, 9.17) is 4.74 Å². The number of carbonyl (C=O) groups excluding carboxylic acids is 3. The van der Waals surface area contributed by atoms with E-state index in [1.807, 2.05) is 44.2 Å². The van der Waals surface area contributed by atoms with Crippen LogP contribution in [-0.2, 0) is 20.9 Å². The summed E-state index contributed by atoms with van der Waals surface area (Å²) in [6.45, 7) is 9.44.